The topological polar surface area (TPSA) is 43.1 Å². The van der Waals surface area contributed by atoms with E-state index in [0.29, 0.717) is 10.0 Å². The number of nitrogens with two attached hydrogens (primary N) is 1. The summed E-state index contributed by atoms with van der Waals surface area (Å²) in [6, 6.07) is 4.62. The summed E-state index contributed by atoms with van der Waals surface area (Å²) in [6.07, 6.45) is 0.244. The highest BCUT2D eigenvalue weighted by molar-refractivity contribution is 6.35. The van der Waals surface area contributed by atoms with E-state index in [0.717, 1.165) is 5.56 Å². The van der Waals surface area contributed by atoms with Crippen molar-refractivity contribution in [3.05, 3.63) is 33.8 Å². The van der Waals surface area contributed by atoms with Crippen molar-refractivity contribution in [2.75, 3.05) is 0 Å². The monoisotopic (exact) mass is 273 g/mol. The van der Waals surface area contributed by atoms with Crippen LogP contribution in [0.5, 0.6) is 0 Å². The fourth-order valence-electron chi connectivity index (χ4n) is 1.45. The maximum Gasteiger partial charge on any atom is 0.154 e. The van der Waals surface area contributed by atoms with E-state index in [9.17, 15) is 4.79 Å². The van der Waals surface area contributed by atoms with E-state index >= 15 is 0 Å². The van der Waals surface area contributed by atoms with Gasteiger partial charge in [-0.3, -0.25) is 4.79 Å². The molecule has 1 aromatic rings. The SMILES string of the molecule is CC(C)(C)C(N)C(=O)Cc1ccc(Cl)cc1Cl. The fraction of sp³-hybridized carbons (Fsp3) is 0.462. The van der Waals surface area contributed by atoms with E-state index in [1.165, 1.54) is 0 Å². The lowest BCUT2D eigenvalue weighted by molar-refractivity contribution is -0.121. The van der Waals surface area contributed by atoms with E-state index in [1.54, 1.807) is 18.2 Å². The molecule has 4 heteroatoms. The average Bonchev–Trinajstić information content (AvgIpc) is 2.19. The first-order chi connectivity index (χ1) is 7.71. The molecule has 1 rings (SSSR count). The van der Waals surface area contributed by atoms with Gasteiger partial charge in [0.2, 0.25) is 0 Å². The van der Waals surface area contributed by atoms with Gasteiger partial charge in [0.1, 0.15) is 0 Å². The molecule has 0 aliphatic rings. The van der Waals surface area contributed by atoms with Crippen molar-refractivity contribution in [3.63, 3.8) is 0 Å². The fourth-order valence-corrected chi connectivity index (χ4v) is 1.92. The number of carbonyl (C=O) groups excluding carboxylic acids is 1. The van der Waals surface area contributed by atoms with Gasteiger partial charge in [-0.15, -0.1) is 0 Å². The van der Waals surface area contributed by atoms with E-state index in [2.05, 4.69) is 0 Å². The van der Waals surface area contributed by atoms with Crippen molar-refractivity contribution in [2.24, 2.45) is 11.1 Å². The van der Waals surface area contributed by atoms with Crippen LogP contribution in [0.1, 0.15) is 26.3 Å². The van der Waals surface area contributed by atoms with Crippen molar-refractivity contribution in [2.45, 2.75) is 33.2 Å². The Morgan fingerprint density at radius 3 is 2.41 bits per heavy atom. The zero-order valence-corrected chi connectivity index (χ0v) is 11.8. The van der Waals surface area contributed by atoms with E-state index < -0.39 is 6.04 Å². The molecular formula is C13H17Cl2NO. The van der Waals surface area contributed by atoms with Crippen LogP contribution in [0.3, 0.4) is 0 Å². The molecule has 1 aromatic carbocycles. The lowest BCUT2D eigenvalue weighted by Crippen LogP contribution is -2.43. The molecule has 0 aliphatic heterocycles. The maximum absolute atomic E-state index is 12.0. The van der Waals surface area contributed by atoms with E-state index in [1.807, 2.05) is 20.8 Å². The Balaban J connectivity index is 2.82. The number of halogens is 2. The highest BCUT2D eigenvalue weighted by atomic mass is 35.5. The first-order valence-electron chi connectivity index (χ1n) is 5.44. The molecule has 0 saturated heterocycles. The Morgan fingerprint density at radius 1 is 1.35 bits per heavy atom. The van der Waals surface area contributed by atoms with Crippen molar-refractivity contribution in [1.82, 2.24) is 0 Å². The molecule has 0 fully saturated rings. The Hall–Kier alpha value is -0.570. The molecule has 0 bridgehead atoms. The Kier molecular flexibility index (Phi) is 4.59. The molecule has 0 aliphatic carbocycles. The van der Waals surface area contributed by atoms with Gasteiger partial charge in [-0.1, -0.05) is 50.0 Å². The van der Waals surface area contributed by atoms with Gasteiger partial charge in [-0.2, -0.15) is 0 Å². The molecule has 0 amide bonds. The second-order valence-electron chi connectivity index (χ2n) is 5.22. The van der Waals surface area contributed by atoms with E-state index in [4.69, 9.17) is 28.9 Å². The molecule has 1 atom stereocenters. The average molecular weight is 274 g/mol. The van der Waals surface area contributed by atoms with Crippen LogP contribution in [0, 0.1) is 5.41 Å². The van der Waals surface area contributed by atoms with Crippen LogP contribution in [0.25, 0.3) is 0 Å². The van der Waals surface area contributed by atoms with Crippen LogP contribution in [0.2, 0.25) is 10.0 Å². The number of hydrogen-bond acceptors (Lipinski definition) is 2. The van der Waals surface area contributed by atoms with Crippen LogP contribution in [-0.4, -0.2) is 11.8 Å². The molecule has 0 aromatic heterocycles. The van der Waals surface area contributed by atoms with Gasteiger partial charge in [-0.05, 0) is 23.1 Å². The Labute approximate surface area is 112 Å². The summed E-state index contributed by atoms with van der Waals surface area (Å²) < 4.78 is 0. The normalized spacial score (nSPS) is 13.5. The molecule has 0 saturated carbocycles. The number of ketones is 1. The summed E-state index contributed by atoms with van der Waals surface area (Å²) in [5.74, 6) is -0.0123. The summed E-state index contributed by atoms with van der Waals surface area (Å²) in [7, 11) is 0. The third-order valence-electron chi connectivity index (χ3n) is 2.66. The van der Waals surface area contributed by atoms with Crippen molar-refractivity contribution >= 4 is 29.0 Å². The Bertz CT molecular complexity index is 424. The maximum atomic E-state index is 12.0. The lowest BCUT2D eigenvalue weighted by atomic mass is 9.83. The zero-order valence-electron chi connectivity index (χ0n) is 10.3. The van der Waals surface area contributed by atoms with Gasteiger partial charge in [0.15, 0.2) is 5.78 Å². The predicted molar refractivity (Wildman–Crippen MR) is 72.6 cm³/mol. The van der Waals surface area contributed by atoms with Crippen LogP contribution >= 0.6 is 23.2 Å². The van der Waals surface area contributed by atoms with Gasteiger partial charge in [0, 0.05) is 16.5 Å². The molecule has 2 N–H and O–H groups in total. The minimum Gasteiger partial charge on any atom is -0.321 e. The molecule has 1 unspecified atom stereocenters. The van der Waals surface area contributed by atoms with Gasteiger partial charge in [0.05, 0.1) is 6.04 Å². The third-order valence-corrected chi connectivity index (χ3v) is 3.25. The molecule has 0 heterocycles. The minimum absolute atomic E-state index is 0.0123. The number of carbonyl (C=O) groups is 1. The van der Waals surface area contributed by atoms with Crippen LogP contribution in [0.15, 0.2) is 18.2 Å². The number of rotatable bonds is 3. The molecular weight excluding hydrogens is 257 g/mol. The largest absolute Gasteiger partial charge is 0.321 e. The predicted octanol–water partition coefficient (Wildman–Crippen LogP) is 3.48. The highest BCUT2D eigenvalue weighted by Gasteiger charge is 2.27. The lowest BCUT2D eigenvalue weighted by Gasteiger charge is -2.25. The summed E-state index contributed by atoms with van der Waals surface area (Å²) in [5.41, 5.74) is 6.43. The molecule has 2 nitrogen and oxygen atoms in total. The first-order valence-corrected chi connectivity index (χ1v) is 6.19. The van der Waals surface area contributed by atoms with Gasteiger partial charge >= 0.3 is 0 Å². The summed E-state index contributed by atoms with van der Waals surface area (Å²) in [5, 5.41) is 1.07. The van der Waals surface area contributed by atoms with Crippen LogP contribution < -0.4 is 5.73 Å². The molecule has 0 spiro atoms. The molecule has 17 heavy (non-hydrogen) atoms. The smallest absolute Gasteiger partial charge is 0.154 e. The number of benzene rings is 1. The highest BCUT2D eigenvalue weighted by Crippen LogP contribution is 2.24. The second kappa shape index (κ2) is 5.38. The molecule has 0 radical (unpaired) electrons. The van der Waals surface area contributed by atoms with Crippen molar-refractivity contribution in [3.8, 4) is 0 Å². The van der Waals surface area contributed by atoms with Gasteiger partial charge in [0.25, 0.3) is 0 Å². The standard InChI is InChI=1S/C13H17Cl2NO/c1-13(2,3)12(16)11(17)6-8-4-5-9(14)7-10(8)15/h4-5,7,12H,6,16H2,1-3H3. The Morgan fingerprint density at radius 2 is 1.94 bits per heavy atom. The third kappa shape index (κ3) is 3.98. The van der Waals surface area contributed by atoms with Gasteiger partial charge < -0.3 is 5.73 Å². The van der Waals surface area contributed by atoms with E-state index in [-0.39, 0.29) is 17.6 Å². The number of hydrogen-bond donors (Lipinski definition) is 1. The minimum atomic E-state index is -0.491. The zero-order chi connectivity index (χ0) is 13.2. The van der Waals surface area contributed by atoms with Gasteiger partial charge in [-0.25, -0.2) is 0 Å². The van der Waals surface area contributed by atoms with Crippen LogP contribution in [0.4, 0.5) is 0 Å². The summed E-state index contributed by atoms with van der Waals surface area (Å²) in [6.45, 7) is 5.83. The van der Waals surface area contributed by atoms with Crippen molar-refractivity contribution in [1.29, 1.82) is 0 Å². The quantitative estimate of drug-likeness (QED) is 0.917. The summed E-state index contributed by atoms with van der Waals surface area (Å²) in [4.78, 5) is 12.0. The van der Waals surface area contributed by atoms with Crippen LogP contribution in [-0.2, 0) is 11.2 Å². The second-order valence-corrected chi connectivity index (χ2v) is 6.07. The van der Waals surface area contributed by atoms with Crippen molar-refractivity contribution < 1.29 is 4.79 Å². The number of Topliss-reactive ketones (excluding diaryl/α,β-unsaturated/α-hetero) is 1. The first kappa shape index (κ1) is 14.5. The molecule has 94 valence electrons. The summed E-state index contributed by atoms with van der Waals surface area (Å²) >= 11 is 11.8.